The third-order valence-electron chi connectivity index (χ3n) is 1.75. The van der Waals surface area contributed by atoms with Gasteiger partial charge in [0.05, 0.1) is 10.7 Å². The van der Waals surface area contributed by atoms with Crippen LogP contribution < -0.4 is 0 Å². The van der Waals surface area contributed by atoms with Crippen molar-refractivity contribution in [2.24, 2.45) is 0 Å². The number of aromatic nitrogens is 1. The van der Waals surface area contributed by atoms with Crippen LogP contribution in [0.1, 0.15) is 27.8 Å². The highest BCUT2D eigenvalue weighted by Gasteiger charge is 2.24. The summed E-state index contributed by atoms with van der Waals surface area (Å²) in [4.78, 5) is 5.04. The van der Waals surface area contributed by atoms with E-state index in [9.17, 15) is 8.42 Å². The molecule has 6 heteroatoms. The van der Waals surface area contributed by atoms with E-state index in [-0.39, 0.29) is 0 Å². The van der Waals surface area contributed by atoms with Crippen LogP contribution >= 0.6 is 22.0 Å². The normalized spacial score (nSPS) is 14.5. The first-order chi connectivity index (χ1) is 5.82. The predicted molar refractivity (Wildman–Crippen MR) is 54.8 cm³/mol. The van der Waals surface area contributed by atoms with Crippen molar-refractivity contribution < 1.29 is 8.42 Å². The first kappa shape index (κ1) is 10.9. The second-order valence-corrected chi connectivity index (χ2v) is 7.15. The molecule has 0 radical (unpaired) electrons. The van der Waals surface area contributed by atoms with Crippen molar-refractivity contribution in [1.29, 1.82) is 0 Å². The highest BCUT2D eigenvalue weighted by Crippen LogP contribution is 2.29. The van der Waals surface area contributed by atoms with Gasteiger partial charge in [-0.05, 0) is 20.8 Å². The Labute approximate surface area is 86.2 Å². The van der Waals surface area contributed by atoms with Gasteiger partial charge in [0.2, 0.25) is 9.05 Å². The van der Waals surface area contributed by atoms with E-state index in [1.807, 2.05) is 13.8 Å². The Bertz CT molecular complexity index is 410. The van der Waals surface area contributed by atoms with Crippen LogP contribution in [-0.4, -0.2) is 13.4 Å². The van der Waals surface area contributed by atoms with Gasteiger partial charge in [-0.3, -0.25) is 0 Å². The van der Waals surface area contributed by atoms with Crippen LogP contribution in [0, 0.1) is 13.8 Å². The largest absolute Gasteiger partial charge is 0.245 e. The number of thiazole rings is 1. The lowest BCUT2D eigenvalue weighted by atomic mass is 10.3. The van der Waals surface area contributed by atoms with Gasteiger partial charge in [-0.2, -0.15) is 0 Å². The van der Waals surface area contributed by atoms with Gasteiger partial charge in [-0.1, -0.05) is 0 Å². The van der Waals surface area contributed by atoms with Crippen LogP contribution in [0.2, 0.25) is 0 Å². The molecular weight excluding hydrogens is 230 g/mol. The lowest BCUT2D eigenvalue weighted by Crippen LogP contribution is -2.04. The molecule has 1 heterocycles. The maximum Gasteiger partial charge on any atom is 0.240 e. The van der Waals surface area contributed by atoms with Crippen LogP contribution in [-0.2, 0) is 9.05 Å². The van der Waals surface area contributed by atoms with E-state index in [1.165, 1.54) is 11.3 Å². The van der Waals surface area contributed by atoms with Crippen LogP contribution in [0.15, 0.2) is 0 Å². The number of aryl methyl sites for hydroxylation is 2. The van der Waals surface area contributed by atoms with Gasteiger partial charge in [-0.15, -0.1) is 11.3 Å². The first-order valence-corrected chi connectivity index (χ1v) is 6.88. The predicted octanol–water partition coefficient (Wildman–Crippen LogP) is 2.39. The molecule has 0 aromatic carbocycles. The van der Waals surface area contributed by atoms with Crippen molar-refractivity contribution in [3.05, 3.63) is 15.6 Å². The Morgan fingerprint density at radius 1 is 1.46 bits per heavy atom. The summed E-state index contributed by atoms with van der Waals surface area (Å²) in [5.74, 6) is 0. The summed E-state index contributed by atoms with van der Waals surface area (Å²) in [5.41, 5.74) is 0.567. The highest BCUT2D eigenvalue weighted by atomic mass is 35.7. The zero-order chi connectivity index (χ0) is 10.2. The smallest absolute Gasteiger partial charge is 0.240 e. The lowest BCUT2D eigenvalue weighted by Gasteiger charge is -2.04. The van der Waals surface area contributed by atoms with Crippen LogP contribution in [0.4, 0.5) is 0 Å². The van der Waals surface area contributed by atoms with E-state index in [0.717, 1.165) is 9.88 Å². The Morgan fingerprint density at radius 3 is 2.31 bits per heavy atom. The molecule has 0 fully saturated rings. The second-order valence-electron chi connectivity index (χ2n) is 2.79. The maximum atomic E-state index is 11.0. The van der Waals surface area contributed by atoms with E-state index >= 15 is 0 Å². The van der Waals surface area contributed by atoms with Gasteiger partial charge >= 0.3 is 0 Å². The SMILES string of the molecule is Cc1nc(C(C)S(=O)(=O)Cl)c(C)s1. The minimum atomic E-state index is -3.55. The van der Waals surface area contributed by atoms with E-state index in [1.54, 1.807) is 6.92 Å². The fourth-order valence-electron chi connectivity index (χ4n) is 1.06. The van der Waals surface area contributed by atoms with Crippen molar-refractivity contribution in [2.45, 2.75) is 26.0 Å². The molecule has 0 aliphatic carbocycles. The van der Waals surface area contributed by atoms with Crippen LogP contribution in [0.25, 0.3) is 0 Å². The summed E-state index contributed by atoms with van der Waals surface area (Å²) in [6.07, 6.45) is 0. The average molecular weight is 240 g/mol. The quantitative estimate of drug-likeness (QED) is 0.745. The molecule has 1 unspecified atom stereocenters. The fourth-order valence-corrected chi connectivity index (χ4v) is 2.79. The Hall–Kier alpha value is -0.130. The van der Waals surface area contributed by atoms with Crippen molar-refractivity contribution in [2.75, 3.05) is 0 Å². The molecule has 1 rings (SSSR count). The van der Waals surface area contributed by atoms with Gasteiger partial charge in [-0.25, -0.2) is 13.4 Å². The molecule has 0 spiro atoms. The lowest BCUT2D eigenvalue weighted by molar-refractivity contribution is 0.599. The Kier molecular flexibility index (Phi) is 2.99. The van der Waals surface area contributed by atoms with E-state index in [0.29, 0.717) is 5.69 Å². The number of hydrogen-bond acceptors (Lipinski definition) is 4. The molecule has 3 nitrogen and oxygen atoms in total. The van der Waals surface area contributed by atoms with E-state index in [4.69, 9.17) is 10.7 Å². The fraction of sp³-hybridized carbons (Fsp3) is 0.571. The minimum Gasteiger partial charge on any atom is -0.245 e. The molecule has 0 saturated heterocycles. The topological polar surface area (TPSA) is 47.0 Å². The molecule has 13 heavy (non-hydrogen) atoms. The molecule has 1 atom stereocenters. The summed E-state index contributed by atoms with van der Waals surface area (Å²) in [6.45, 7) is 5.23. The third kappa shape index (κ3) is 2.42. The summed E-state index contributed by atoms with van der Waals surface area (Å²) in [7, 11) is 1.69. The van der Waals surface area contributed by atoms with E-state index in [2.05, 4.69) is 4.98 Å². The maximum absolute atomic E-state index is 11.0. The second kappa shape index (κ2) is 3.55. The average Bonchev–Trinajstić information content (AvgIpc) is 2.26. The molecule has 0 aliphatic rings. The van der Waals surface area contributed by atoms with Crippen LogP contribution in [0.3, 0.4) is 0 Å². The van der Waals surface area contributed by atoms with Crippen molar-refractivity contribution in [1.82, 2.24) is 4.98 Å². The van der Waals surface area contributed by atoms with E-state index < -0.39 is 14.3 Å². The molecular formula is C7H10ClNO2S2. The van der Waals surface area contributed by atoms with Crippen molar-refractivity contribution in [3.8, 4) is 0 Å². The van der Waals surface area contributed by atoms with Gasteiger partial charge in [0.25, 0.3) is 0 Å². The summed E-state index contributed by atoms with van der Waals surface area (Å²) < 4.78 is 22.0. The number of nitrogens with zero attached hydrogens (tertiary/aromatic N) is 1. The molecule has 0 N–H and O–H groups in total. The van der Waals surface area contributed by atoms with Crippen molar-refractivity contribution >= 4 is 31.1 Å². The number of halogens is 1. The minimum absolute atomic E-state index is 0.567. The molecule has 1 aromatic heterocycles. The number of hydrogen-bond donors (Lipinski definition) is 0. The molecule has 0 bridgehead atoms. The third-order valence-corrected chi connectivity index (χ3v) is 4.52. The molecule has 1 aromatic rings. The summed E-state index contributed by atoms with van der Waals surface area (Å²) in [6, 6.07) is 0. The summed E-state index contributed by atoms with van der Waals surface area (Å²) >= 11 is 1.48. The van der Waals surface area contributed by atoms with Gasteiger partial charge in [0.1, 0.15) is 5.25 Å². The zero-order valence-electron chi connectivity index (χ0n) is 7.54. The number of rotatable bonds is 2. The van der Waals surface area contributed by atoms with Gasteiger partial charge < -0.3 is 0 Å². The standard InChI is InChI=1S/C7H10ClNO2S2/c1-4-7(9-6(3)12-4)5(2)13(8,10)11/h5H,1-3H3. The zero-order valence-corrected chi connectivity index (χ0v) is 9.92. The first-order valence-electron chi connectivity index (χ1n) is 3.69. The summed E-state index contributed by atoms with van der Waals surface area (Å²) in [5, 5.41) is 0.138. The monoisotopic (exact) mass is 239 g/mol. The molecule has 0 aliphatic heterocycles. The molecule has 0 amide bonds. The van der Waals surface area contributed by atoms with Crippen LogP contribution in [0.5, 0.6) is 0 Å². The molecule has 74 valence electrons. The highest BCUT2D eigenvalue weighted by molar-refractivity contribution is 8.13. The Balaban J connectivity index is 3.16. The van der Waals surface area contributed by atoms with Gasteiger partial charge in [0, 0.05) is 15.6 Å². The van der Waals surface area contributed by atoms with Gasteiger partial charge in [0.15, 0.2) is 0 Å². The Morgan fingerprint density at radius 2 is 2.00 bits per heavy atom. The van der Waals surface area contributed by atoms with Crippen molar-refractivity contribution in [3.63, 3.8) is 0 Å². The molecule has 0 saturated carbocycles.